The largest absolute Gasteiger partial charge is 0.446 e. The van der Waals surface area contributed by atoms with E-state index in [9.17, 15) is 17.6 Å². The SMILES string of the molecule is CNc1ccc(Cn2nc(/C(F)=C/c3ccc(SC(F)(F)F)cc3)cc2C)cn1. The Labute approximate surface area is 169 Å². The molecule has 0 aliphatic rings. The fourth-order valence-electron chi connectivity index (χ4n) is 2.61. The van der Waals surface area contributed by atoms with E-state index in [2.05, 4.69) is 15.4 Å². The van der Waals surface area contributed by atoms with Crippen molar-refractivity contribution >= 4 is 29.5 Å². The molecule has 0 atom stereocenters. The van der Waals surface area contributed by atoms with Gasteiger partial charge in [0.2, 0.25) is 0 Å². The van der Waals surface area contributed by atoms with Crippen molar-refractivity contribution in [3.63, 3.8) is 0 Å². The molecule has 0 aliphatic heterocycles. The maximum absolute atomic E-state index is 14.6. The van der Waals surface area contributed by atoms with E-state index in [1.165, 1.54) is 30.3 Å². The lowest BCUT2D eigenvalue weighted by Crippen LogP contribution is -2.04. The molecule has 152 valence electrons. The van der Waals surface area contributed by atoms with Crippen LogP contribution in [-0.4, -0.2) is 27.3 Å². The van der Waals surface area contributed by atoms with Gasteiger partial charge in [0.05, 0.1) is 6.54 Å². The number of thioether (sulfide) groups is 1. The maximum atomic E-state index is 14.6. The second-order valence-corrected chi connectivity index (χ2v) is 7.38. The number of aromatic nitrogens is 3. The van der Waals surface area contributed by atoms with Crippen molar-refractivity contribution in [1.82, 2.24) is 14.8 Å². The topological polar surface area (TPSA) is 42.7 Å². The van der Waals surface area contributed by atoms with Gasteiger partial charge in [-0.05, 0) is 60.2 Å². The zero-order valence-electron chi connectivity index (χ0n) is 15.7. The monoisotopic (exact) mass is 422 g/mol. The quantitative estimate of drug-likeness (QED) is 0.405. The highest BCUT2D eigenvalue weighted by molar-refractivity contribution is 8.00. The average molecular weight is 422 g/mol. The first-order chi connectivity index (χ1) is 13.7. The Balaban J connectivity index is 1.73. The Kier molecular flexibility index (Phi) is 6.26. The third-order valence-electron chi connectivity index (χ3n) is 4.05. The van der Waals surface area contributed by atoms with Crippen LogP contribution in [0.15, 0.2) is 53.6 Å². The minimum Gasteiger partial charge on any atom is -0.373 e. The van der Waals surface area contributed by atoms with Gasteiger partial charge in [-0.3, -0.25) is 4.68 Å². The number of nitrogens with one attached hydrogen (secondary N) is 1. The van der Waals surface area contributed by atoms with Crippen LogP contribution in [0.3, 0.4) is 0 Å². The van der Waals surface area contributed by atoms with Crippen molar-refractivity contribution in [2.45, 2.75) is 23.9 Å². The summed E-state index contributed by atoms with van der Waals surface area (Å²) >= 11 is -0.206. The fourth-order valence-corrected chi connectivity index (χ4v) is 3.15. The molecule has 0 radical (unpaired) electrons. The molecule has 0 saturated heterocycles. The third-order valence-corrected chi connectivity index (χ3v) is 4.79. The van der Waals surface area contributed by atoms with Crippen LogP contribution < -0.4 is 5.32 Å². The van der Waals surface area contributed by atoms with Gasteiger partial charge in [0.1, 0.15) is 11.5 Å². The maximum Gasteiger partial charge on any atom is 0.446 e. The molecule has 4 nitrogen and oxygen atoms in total. The van der Waals surface area contributed by atoms with E-state index in [-0.39, 0.29) is 22.4 Å². The minimum absolute atomic E-state index is 0.0491. The highest BCUT2D eigenvalue weighted by atomic mass is 32.2. The van der Waals surface area contributed by atoms with E-state index in [0.29, 0.717) is 12.1 Å². The Morgan fingerprint density at radius 1 is 1.17 bits per heavy atom. The summed E-state index contributed by atoms with van der Waals surface area (Å²) in [5, 5.41) is 7.23. The Bertz CT molecular complexity index is 993. The molecule has 2 heterocycles. The van der Waals surface area contributed by atoms with E-state index in [1.807, 2.05) is 19.1 Å². The number of hydrogen-bond acceptors (Lipinski definition) is 4. The molecule has 0 bridgehead atoms. The second kappa shape index (κ2) is 8.69. The van der Waals surface area contributed by atoms with Crippen LogP contribution in [0.5, 0.6) is 0 Å². The highest BCUT2D eigenvalue weighted by Crippen LogP contribution is 2.36. The predicted molar refractivity (Wildman–Crippen MR) is 107 cm³/mol. The summed E-state index contributed by atoms with van der Waals surface area (Å²) < 4.78 is 53.4. The van der Waals surface area contributed by atoms with Crippen LogP contribution in [0, 0.1) is 6.92 Å². The van der Waals surface area contributed by atoms with Crippen LogP contribution in [-0.2, 0) is 6.54 Å². The van der Waals surface area contributed by atoms with E-state index >= 15 is 0 Å². The predicted octanol–water partition coefficient (Wildman–Crippen LogP) is 5.76. The molecular formula is C20H18F4N4S. The Morgan fingerprint density at radius 3 is 2.48 bits per heavy atom. The van der Waals surface area contributed by atoms with Crippen LogP contribution in [0.25, 0.3) is 11.9 Å². The Morgan fingerprint density at radius 2 is 1.90 bits per heavy atom. The standard InChI is InChI=1S/C20H18F4N4S/c1-13-9-18(27-28(13)12-15-5-8-19(25-2)26-11-15)17(21)10-14-3-6-16(7-4-14)29-20(22,23)24/h3-11H,12H2,1-2H3,(H,25,26)/b17-10-. The minimum atomic E-state index is -4.35. The molecule has 0 aliphatic carbocycles. The van der Waals surface area contributed by atoms with E-state index < -0.39 is 11.3 Å². The van der Waals surface area contributed by atoms with Gasteiger partial charge in [-0.25, -0.2) is 9.37 Å². The average Bonchev–Trinajstić information content (AvgIpc) is 3.03. The normalized spacial score (nSPS) is 12.3. The number of rotatable bonds is 6. The van der Waals surface area contributed by atoms with Crippen LogP contribution >= 0.6 is 11.8 Å². The lowest BCUT2D eigenvalue weighted by atomic mass is 10.2. The number of aryl methyl sites for hydroxylation is 1. The molecule has 1 aromatic carbocycles. The number of anilines is 1. The van der Waals surface area contributed by atoms with Crippen molar-refractivity contribution < 1.29 is 17.6 Å². The van der Waals surface area contributed by atoms with Gasteiger partial charge < -0.3 is 5.32 Å². The number of nitrogens with zero attached hydrogens (tertiary/aromatic N) is 3. The molecule has 29 heavy (non-hydrogen) atoms. The number of halogens is 4. The summed E-state index contributed by atoms with van der Waals surface area (Å²) in [6, 6.07) is 10.9. The van der Waals surface area contributed by atoms with Crippen LogP contribution in [0.2, 0.25) is 0 Å². The molecule has 1 N–H and O–H groups in total. The first-order valence-electron chi connectivity index (χ1n) is 8.64. The molecular weight excluding hydrogens is 404 g/mol. The zero-order chi connectivity index (χ0) is 21.0. The molecule has 0 spiro atoms. The third kappa shape index (κ3) is 5.83. The van der Waals surface area contributed by atoms with Gasteiger partial charge in [0, 0.05) is 23.8 Å². The second-order valence-electron chi connectivity index (χ2n) is 6.24. The fraction of sp³-hybridized carbons (Fsp3) is 0.200. The van der Waals surface area contributed by atoms with E-state index in [0.717, 1.165) is 17.1 Å². The molecule has 0 unspecified atom stereocenters. The number of benzene rings is 1. The van der Waals surface area contributed by atoms with Gasteiger partial charge in [-0.2, -0.15) is 18.3 Å². The van der Waals surface area contributed by atoms with E-state index in [1.54, 1.807) is 24.0 Å². The van der Waals surface area contributed by atoms with Crippen molar-refractivity contribution in [1.29, 1.82) is 0 Å². The van der Waals surface area contributed by atoms with Crippen molar-refractivity contribution in [3.05, 3.63) is 71.2 Å². The van der Waals surface area contributed by atoms with E-state index in [4.69, 9.17) is 0 Å². The Hall–Kier alpha value is -2.81. The molecule has 0 saturated carbocycles. The summed E-state index contributed by atoms with van der Waals surface area (Å²) in [4.78, 5) is 4.29. The smallest absolute Gasteiger partial charge is 0.373 e. The van der Waals surface area contributed by atoms with Gasteiger partial charge in [-0.1, -0.05) is 18.2 Å². The van der Waals surface area contributed by atoms with Crippen molar-refractivity contribution in [2.24, 2.45) is 0 Å². The van der Waals surface area contributed by atoms with Crippen molar-refractivity contribution in [3.8, 4) is 0 Å². The lowest BCUT2D eigenvalue weighted by Gasteiger charge is -2.05. The van der Waals surface area contributed by atoms with Crippen LogP contribution in [0.4, 0.5) is 23.4 Å². The number of alkyl halides is 3. The van der Waals surface area contributed by atoms with Crippen molar-refractivity contribution in [2.75, 3.05) is 12.4 Å². The summed E-state index contributed by atoms with van der Waals surface area (Å²) in [5.74, 6) is 0.187. The molecule has 0 amide bonds. The zero-order valence-corrected chi connectivity index (χ0v) is 16.5. The first kappa shape index (κ1) is 20.9. The summed E-state index contributed by atoms with van der Waals surface area (Å²) in [6.07, 6.45) is 2.97. The summed E-state index contributed by atoms with van der Waals surface area (Å²) in [5.41, 5.74) is -2.04. The summed E-state index contributed by atoms with van der Waals surface area (Å²) in [6.45, 7) is 2.27. The molecule has 9 heteroatoms. The number of hydrogen-bond donors (Lipinski definition) is 1. The molecule has 3 aromatic rings. The highest BCUT2D eigenvalue weighted by Gasteiger charge is 2.28. The lowest BCUT2D eigenvalue weighted by molar-refractivity contribution is -0.0328. The van der Waals surface area contributed by atoms with Gasteiger partial charge in [0.25, 0.3) is 0 Å². The van der Waals surface area contributed by atoms with Gasteiger partial charge in [0.15, 0.2) is 5.83 Å². The van der Waals surface area contributed by atoms with Crippen LogP contribution in [0.1, 0.15) is 22.5 Å². The molecule has 3 rings (SSSR count). The summed E-state index contributed by atoms with van der Waals surface area (Å²) in [7, 11) is 1.78. The molecule has 0 fully saturated rings. The molecule has 2 aromatic heterocycles. The first-order valence-corrected chi connectivity index (χ1v) is 9.45. The van der Waals surface area contributed by atoms with Gasteiger partial charge in [-0.15, -0.1) is 0 Å². The van der Waals surface area contributed by atoms with Gasteiger partial charge >= 0.3 is 5.51 Å². The number of pyridine rings is 1.